The van der Waals surface area contributed by atoms with Gasteiger partial charge in [-0.25, -0.2) is 13.1 Å². The number of anilines is 1. The van der Waals surface area contributed by atoms with Gasteiger partial charge < -0.3 is 11.1 Å². The van der Waals surface area contributed by atoms with Crippen molar-refractivity contribution in [3.8, 4) is 0 Å². The van der Waals surface area contributed by atoms with E-state index in [2.05, 4.69) is 10.0 Å². The third-order valence-corrected chi connectivity index (χ3v) is 6.90. The van der Waals surface area contributed by atoms with Crippen molar-refractivity contribution < 1.29 is 18.0 Å². The van der Waals surface area contributed by atoms with Gasteiger partial charge in [0.25, 0.3) is 0 Å². The Kier molecular flexibility index (Phi) is 6.08. The number of hydrogen-bond acceptors (Lipinski definition) is 4. The van der Waals surface area contributed by atoms with Crippen LogP contribution in [-0.4, -0.2) is 31.0 Å². The summed E-state index contributed by atoms with van der Waals surface area (Å²) in [6, 6.07) is 6.36. The number of nitrogens with two attached hydrogens (primary N) is 1. The maximum atomic E-state index is 12.4. The molecule has 0 saturated heterocycles. The Balaban J connectivity index is 1.91. The van der Waals surface area contributed by atoms with Gasteiger partial charge in [-0.1, -0.05) is 6.07 Å². The number of carbonyl (C=O) groups is 2. The van der Waals surface area contributed by atoms with E-state index in [9.17, 15) is 18.0 Å². The minimum absolute atomic E-state index is 0.122. The molecule has 1 fully saturated rings. The van der Waals surface area contributed by atoms with Crippen LogP contribution < -0.4 is 15.8 Å². The number of rotatable bonds is 5. The molecule has 4 N–H and O–H groups in total. The first-order valence-corrected chi connectivity index (χ1v) is 10.2. The first kappa shape index (κ1) is 20.4. The Hall–Kier alpha value is -1.93. The van der Waals surface area contributed by atoms with E-state index in [4.69, 9.17) is 5.73 Å². The maximum Gasteiger partial charge on any atom is 0.248 e. The number of primary amides is 1. The highest BCUT2D eigenvalue weighted by Gasteiger charge is 2.34. The number of nitrogens with one attached hydrogen (secondary N) is 2. The van der Waals surface area contributed by atoms with E-state index >= 15 is 0 Å². The number of sulfonamides is 1. The Morgan fingerprint density at radius 2 is 1.73 bits per heavy atom. The molecule has 0 radical (unpaired) electrons. The lowest BCUT2D eigenvalue weighted by atomic mass is 9.86. The Morgan fingerprint density at radius 3 is 2.27 bits per heavy atom. The molecule has 0 atom stereocenters. The van der Waals surface area contributed by atoms with Gasteiger partial charge in [0.2, 0.25) is 21.8 Å². The van der Waals surface area contributed by atoms with E-state index in [0.717, 1.165) is 0 Å². The van der Waals surface area contributed by atoms with Gasteiger partial charge in [0.05, 0.1) is 4.75 Å². The quantitative estimate of drug-likeness (QED) is 0.723. The van der Waals surface area contributed by atoms with E-state index in [-0.39, 0.29) is 17.9 Å². The van der Waals surface area contributed by atoms with E-state index in [1.54, 1.807) is 45.0 Å². The molecule has 0 aliphatic heterocycles. The predicted octanol–water partition coefficient (Wildman–Crippen LogP) is 2.00. The molecule has 0 aromatic heterocycles. The minimum Gasteiger partial charge on any atom is -0.366 e. The fraction of sp³-hybridized carbons (Fsp3) is 0.556. The number of amides is 2. The summed E-state index contributed by atoms with van der Waals surface area (Å²) in [4.78, 5) is 23.6. The van der Waals surface area contributed by atoms with Crippen LogP contribution >= 0.6 is 0 Å². The molecule has 0 heterocycles. The third kappa shape index (κ3) is 5.04. The lowest BCUT2D eigenvalue weighted by Crippen LogP contribution is -2.46. The zero-order valence-electron chi connectivity index (χ0n) is 15.4. The van der Waals surface area contributed by atoms with Crippen molar-refractivity contribution in [2.75, 3.05) is 5.32 Å². The summed E-state index contributed by atoms with van der Waals surface area (Å²) < 4.78 is 26.4. The van der Waals surface area contributed by atoms with Crippen LogP contribution in [0.25, 0.3) is 0 Å². The summed E-state index contributed by atoms with van der Waals surface area (Å²) in [5.74, 6) is -0.848. The number of carbonyl (C=O) groups excluding carboxylic acids is 2. The van der Waals surface area contributed by atoms with Crippen LogP contribution in [0.1, 0.15) is 56.8 Å². The zero-order chi connectivity index (χ0) is 19.5. The van der Waals surface area contributed by atoms with E-state index in [1.807, 2.05) is 0 Å². The third-order valence-electron chi connectivity index (χ3n) is 4.64. The zero-order valence-corrected chi connectivity index (χ0v) is 16.2. The summed E-state index contributed by atoms with van der Waals surface area (Å²) in [6.07, 6.45) is 2.46. The van der Waals surface area contributed by atoms with Gasteiger partial charge in [-0.15, -0.1) is 0 Å². The molecule has 144 valence electrons. The van der Waals surface area contributed by atoms with Crippen molar-refractivity contribution >= 4 is 27.5 Å². The van der Waals surface area contributed by atoms with Crippen LogP contribution in [0.3, 0.4) is 0 Å². The van der Waals surface area contributed by atoms with E-state index in [0.29, 0.717) is 36.9 Å². The van der Waals surface area contributed by atoms with Crippen molar-refractivity contribution in [2.45, 2.75) is 57.2 Å². The molecule has 7 nitrogen and oxygen atoms in total. The Labute approximate surface area is 154 Å². The normalized spacial score (nSPS) is 21.2. The first-order chi connectivity index (χ1) is 12.0. The molecule has 1 aromatic rings. The monoisotopic (exact) mass is 381 g/mol. The second kappa shape index (κ2) is 7.75. The second-order valence-electron chi connectivity index (χ2n) is 7.72. The van der Waals surface area contributed by atoms with Gasteiger partial charge in [0, 0.05) is 23.2 Å². The maximum absolute atomic E-state index is 12.4. The van der Waals surface area contributed by atoms with Gasteiger partial charge in [0.15, 0.2) is 0 Å². The van der Waals surface area contributed by atoms with Crippen LogP contribution in [0.4, 0.5) is 5.69 Å². The molecule has 2 rings (SSSR count). The molecule has 1 aliphatic rings. The molecule has 1 aromatic carbocycles. The molecule has 2 amide bonds. The second-order valence-corrected chi connectivity index (χ2v) is 10.2. The van der Waals surface area contributed by atoms with Gasteiger partial charge in [0.1, 0.15) is 0 Å². The standard InChI is InChI=1S/C18H27N3O4S/c1-18(2,3)26(24,25)21-14-9-7-12(8-10-14)17(23)20-15-6-4-5-13(11-15)16(19)22/h4-6,11-12,14,21H,7-10H2,1-3H3,(H2,19,22)(H,20,23). The summed E-state index contributed by atoms with van der Waals surface area (Å²) in [5.41, 5.74) is 6.11. The number of benzene rings is 1. The van der Waals surface area contributed by atoms with Crippen molar-refractivity contribution in [3.63, 3.8) is 0 Å². The Morgan fingerprint density at radius 1 is 1.12 bits per heavy atom. The van der Waals surface area contributed by atoms with E-state index < -0.39 is 20.7 Å². The van der Waals surface area contributed by atoms with Gasteiger partial charge >= 0.3 is 0 Å². The van der Waals surface area contributed by atoms with Crippen molar-refractivity contribution in [3.05, 3.63) is 29.8 Å². The van der Waals surface area contributed by atoms with Crippen LogP contribution in [0, 0.1) is 5.92 Å². The molecular weight excluding hydrogens is 354 g/mol. The molecule has 8 heteroatoms. The average molecular weight is 381 g/mol. The largest absolute Gasteiger partial charge is 0.366 e. The molecule has 0 unspecified atom stereocenters. The summed E-state index contributed by atoms with van der Waals surface area (Å²) >= 11 is 0. The van der Waals surface area contributed by atoms with Gasteiger partial charge in [-0.2, -0.15) is 0 Å². The fourth-order valence-electron chi connectivity index (χ4n) is 2.86. The first-order valence-electron chi connectivity index (χ1n) is 8.72. The number of hydrogen-bond donors (Lipinski definition) is 3. The van der Waals surface area contributed by atoms with Crippen LogP contribution in [-0.2, 0) is 14.8 Å². The highest BCUT2D eigenvalue weighted by atomic mass is 32.2. The summed E-state index contributed by atoms with van der Waals surface area (Å²) in [7, 11) is -3.39. The molecular formula is C18H27N3O4S. The van der Waals surface area contributed by atoms with Crippen molar-refractivity contribution in [1.29, 1.82) is 0 Å². The summed E-state index contributed by atoms with van der Waals surface area (Å²) in [6.45, 7) is 4.98. The minimum atomic E-state index is -3.39. The topological polar surface area (TPSA) is 118 Å². The highest BCUT2D eigenvalue weighted by molar-refractivity contribution is 7.90. The molecule has 0 bridgehead atoms. The van der Waals surface area contributed by atoms with Gasteiger partial charge in [-0.3, -0.25) is 9.59 Å². The molecule has 1 saturated carbocycles. The average Bonchev–Trinajstić information content (AvgIpc) is 2.54. The smallest absolute Gasteiger partial charge is 0.248 e. The Bertz CT molecular complexity index is 776. The van der Waals surface area contributed by atoms with E-state index in [1.165, 1.54) is 0 Å². The van der Waals surface area contributed by atoms with Crippen molar-refractivity contribution in [1.82, 2.24) is 4.72 Å². The lowest BCUT2D eigenvalue weighted by molar-refractivity contribution is -0.120. The highest BCUT2D eigenvalue weighted by Crippen LogP contribution is 2.27. The van der Waals surface area contributed by atoms with Gasteiger partial charge in [-0.05, 0) is 64.7 Å². The van der Waals surface area contributed by atoms with Crippen LogP contribution in [0.2, 0.25) is 0 Å². The van der Waals surface area contributed by atoms with Crippen LogP contribution in [0.5, 0.6) is 0 Å². The predicted molar refractivity (Wildman–Crippen MR) is 101 cm³/mol. The lowest BCUT2D eigenvalue weighted by Gasteiger charge is -2.30. The van der Waals surface area contributed by atoms with Crippen LogP contribution in [0.15, 0.2) is 24.3 Å². The molecule has 1 aliphatic carbocycles. The fourth-order valence-corrected chi connectivity index (χ4v) is 3.89. The molecule has 0 spiro atoms. The summed E-state index contributed by atoms with van der Waals surface area (Å²) in [5, 5.41) is 2.81. The van der Waals surface area contributed by atoms with Crippen molar-refractivity contribution in [2.24, 2.45) is 11.7 Å². The SMILES string of the molecule is CC(C)(C)S(=O)(=O)NC1CCC(C(=O)Nc2cccc(C(N)=O)c2)CC1. The molecule has 26 heavy (non-hydrogen) atoms.